The number of nitrogens with one attached hydrogen (secondary N) is 3. The summed E-state index contributed by atoms with van der Waals surface area (Å²) in [4.78, 5) is 16.9. The van der Waals surface area contributed by atoms with Gasteiger partial charge in [-0.25, -0.2) is 9.67 Å². The SMILES string of the molecule is CCNC(=NCc1ccccc1-n1nc(C)cc1C)NCC(=O)NCCc1ccccc1.I. The largest absolute Gasteiger partial charge is 0.357 e. The summed E-state index contributed by atoms with van der Waals surface area (Å²) < 4.78 is 1.95. The smallest absolute Gasteiger partial charge is 0.239 e. The van der Waals surface area contributed by atoms with Crippen molar-refractivity contribution in [1.29, 1.82) is 0 Å². The van der Waals surface area contributed by atoms with Crippen molar-refractivity contribution in [1.82, 2.24) is 25.7 Å². The van der Waals surface area contributed by atoms with E-state index in [1.165, 1.54) is 5.56 Å². The van der Waals surface area contributed by atoms with Crippen LogP contribution in [-0.4, -0.2) is 41.3 Å². The first-order chi connectivity index (χ1) is 15.6. The summed E-state index contributed by atoms with van der Waals surface area (Å²) >= 11 is 0. The molecule has 0 radical (unpaired) electrons. The first kappa shape index (κ1) is 26.4. The number of aromatic nitrogens is 2. The van der Waals surface area contributed by atoms with Crippen LogP contribution < -0.4 is 16.0 Å². The number of aryl methyl sites for hydroxylation is 2. The molecule has 3 aromatic rings. The van der Waals surface area contributed by atoms with Gasteiger partial charge in [-0.15, -0.1) is 24.0 Å². The van der Waals surface area contributed by atoms with E-state index < -0.39 is 0 Å². The van der Waals surface area contributed by atoms with E-state index in [1.807, 2.05) is 61.9 Å². The van der Waals surface area contributed by atoms with Crippen molar-refractivity contribution in [2.75, 3.05) is 19.6 Å². The molecule has 1 amide bonds. The van der Waals surface area contributed by atoms with E-state index in [9.17, 15) is 4.79 Å². The summed E-state index contributed by atoms with van der Waals surface area (Å²) in [7, 11) is 0. The molecule has 0 aliphatic heterocycles. The molecule has 0 fully saturated rings. The molecule has 1 heterocycles. The number of hydrogen-bond donors (Lipinski definition) is 3. The van der Waals surface area contributed by atoms with Gasteiger partial charge in [-0.3, -0.25) is 4.79 Å². The molecule has 0 unspecified atom stereocenters. The lowest BCUT2D eigenvalue weighted by atomic mass is 10.1. The van der Waals surface area contributed by atoms with E-state index in [0.717, 1.165) is 29.1 Å². The second-order valence-corrected chi connectivity index (χ2v) is 7.60. The average Bonchev–Trinajstić information content (AvgIpc) is 3.14. The summed E-state index contributed by atoms with van der Waals surface area (Å²) in [6, 6.07) is 20.3. The summed E-state index contributed by atoms with van der Waals surface area (Å²) in [6.07, 6.45) is 0.809. The fourth-order valence-corrected chi connectivity index (χ4v) is 3.45. The van der Waals surface area contributed by atoms with Gasteiger partial charge >= 0.3 is 0 Å². The van der Waals surface area contributed by atoms with Gasteiger partial charge in [-0.1, -0.05) is 48.5 Å². The van der Waals surface area contributed by atoms with Crippen molar-refractivity contribution in [3.63, 3.8) is 0 Å². The van der Waals surface area contributed by atoms with Crippen LogP contribution in [0, 0.1) is 13.8 Å². The highest BCUT2D eigenvalue weighted by Crippen LogP contribution is 2.17. The number of halogens is 1. The number of carbonyl (C=O) groups is 1. The normalized spacial score (nSPS) is 10.9. The van der Waals surface area contributed by atoms with Gasteiger partial charge < -0.3 is 16.0 Å². The Kier molecular flexibility index (Phi) is 10.9. The molecule has 8 heteroatoms. The molecule has 176 valence electrons. The van der Waals surface area contributed by atoms with Crippen LogP contribution >= 0.6 is 24.0 Å². The summed E-state index contributed by atoms with van der Waals surface area (Å²) in [5.41, 5.74) is 5.33. The van der Waals surface area contributed by atoms with Crippen molar-refractivity contribution >= 4 is 35.8 Å². The van der Waals surface area contributed by atoms with Gasteiger partial charge in [-0.05, 0) is 50.5 Å². The van der Waals surface area contributed by atoms with Crippen LogP contribution in [0.2, 0.25) is 0 Å². The quantitative estimate of drug-likeness (QED) is 0.213. The number of nitrogens with zero attached hydrogens (tertiary/aromatic N) is 3. The fourth-order valence-electron chi connectivity index (χ4n) is 3.45. The third-order valence-corrected chi connectivity index (χ3v) is 4.98. The standard InChI is InChI=1S/C25H32N6O.HI/c1-4-26-25(29-18-24(32)27-15-14-21-10-6-5-7-11-21)28-17-22-12-8-9-13-23(22)31-20(3)16-19(2)30-31;/h5-13,16H,4,14-15,17-18H2,1-3H3,(H,27,32)(H2,26,28,29);1H. The number of benzene rings is 2. The van der Waals surface area contributed by atoms with Crippen molar-refractivity contribution in [2.45, 2.75) is 33.7 Å². The van der Waals surface area contributed by atoms with Crippen LogP contribution in [0.25, 0.3) is 5.69 Å². The van der Waals surface area contributed by atoms with E-state index >= 15 is 0 Å². The number of amides is 1. The van der Waals surface area contributed by atoms with Crippen molar-refractivity contribution < 1.29 is 4.79 Å². The molecule has 0 bridgehead atoms. The minimum Gasteiger partial charge on any atom is -0.357 e. The minimum atomic E-state index is -0.0606. The van der Waals surface area contributed by atoms with Gasteiger partial charge in [0.05, 0.1) is 24.5 Å². The number of rotatable bonds is 9. The predicted molar refractivity (Wildman–Crippen MR) is 144 cm³/mol. The number of carbonyl (C=O) groups excluding carboxylic acids is 1. The summed E-state index contributed by atoms with van der Waals surface area (Å²) in [5, 5.41) is 13.9. The molecule has 33 heavy (non-hydrogen) atoms. The molecule has 2 aromatic carbocycles. The van der Waals surface area contributed by atoms with Crippen molar-refractivity contribution in [3.8, 4) is 5.69 Å². The molecule has 0 saturated heterocycles. The van der Waals surface area contributed by atoms with Gasteiger partial charge in [0.15, 0.2) is 5.96 Å². The second-order valence-electron chi connectivity index (χ2n) is 7.60. The highest BCUT2D eigenvalue weighted by Gasteiger charge is 2.09. The van der Waals surface area contributed by atoms with Gasteiger partial charge in [0.25, 0.3) is 0 Å². The van der Waals surface area contributed by atoms with E-state index in [1.54, 1.807) is 0 Å². The monoisotopic (exact) mass is 560 g/mol. The molecule has 3 N–H and O–H groups in total. The van der Waals surface area contributed by atoms with Gasteiger partial charge in [0.2, 0.25) is 5.91 Å². The molecular weight excluding hydrogens is 527 g/mol. The van der Waals surface area contributed by atoms with Crippen LogP contribution in [0.3, 0.4) is 0 Å². The Labute approximate surface area is 213 Å². The molecule has 3 rings (SSSR count). The topological polar surface area (TPSA) is 83.3 Å². The number of guanidine groups is 1. The maximum atomic E-state index is 12.2. The van der Waals surface area contributed by atoms with Crippen LogP contribution in [0.15, 0.2) is 65.7 Å². The summed E-state index contributed by atoms with van der Waals surface area (Å²) in [5.74, 6) is 0.545. The summed E-state index contributed by atoms with van der Waals surface area (Å²) in [6.45, 7) is 7.99. The maximum Gasteiger partial charge on any atom is 0.239 e. The van der Waals surface area contributed by atoms with Crippen LogP contribution in [0.5, 0.6) is 0 Å². The maximum absolute atomic E-state index is 12.2. The fraction of sp³-hybridized carbons (Fsp3) is 0.320. The Morgan fingerprint density at radius 3 is 2.42 bits per heavy atom. The van der Waals surface area contributed by atoms with Crippen LogP contribution in [0.1, 0.15) is 29.4 Å². The third kappa shape index (κ3) is 8.20. The Morgan fingerprint density at radius 1 is 1.00 bits per heavy atom. The van der Waals surface area contributed by atoms with Gasteiger partial charge in [0.1, 0.15) is 0 Å². The van der Waals surface area contributed by atoms with Crippen molar-refractivity contribution in [2.24, 2.45) is 4.99 Å². The molecule has 0 saturated carbocycles. The lowest BCUT2D eigenvalue weighted by Gasteiger charge is -2.13. The van der Waals surface area contributed by atoms with Gasteiger partial charge in [-0.2, -0.15) is 5.10 Å². The molecule has 0 aliphatic carbocycles. The first-order valence-corrected chi connectivity index (χ1v) is 11.0. The molecule has 1 aromatic heterocycles. The molecule has 0 spiro atoms. The average molecular weight is 560 g/mol. The van der Waals surface area contributed by atoms with E-state index in [-0.39, 0.29) is 36.4 Å². The van der Waals surface area contributed by atoms with Crippen LogP contribution in [-0.2, 0) is 17.8 Å². The lowest BCUT2D eigenvalue weighted by molar-refractivity contribution is -0.119. The number of aliphatic imine (C=N–C) groups is 1. The Morgan fingerprint density at radius 2 is 1.73 bits per heavy atom. The zero-order valence-corrected chi connectivity index (χ0v) is 21.8. The second kappa shape index (κ2) is 13.6. The van der Waals surface area contributed by atoms with Crippen molar-refractivity contribution in [3.05, 3.63) is 83.2 Å². The molecule has 7 nitrogen and oxygen atoms in total. The molecule has 0 aliphatic rings. The Bertz CT molecular complexity index is 1050. The van der Waals surface area contributed by atoms with E-state index in [2.05, 4.69) is 50.3 Å². The van der Waals surface area contributed by atoms with E-state index in [0.29, 0.717) is 25.6 Å². The minimum absolute atomic E-state index is 0. The molecular formula is C25H33IN6O. The highest BCUT2D eigenvalue weighted by molar-refractivity contribution is 14.0. The van der Waals surface area contributed by atoms with E-state index in [4.69, 9.17) is 0 Å². The predicted octanol–water partition coefficient (Wildman–Crippen LogP) is 3.52. The first-order valence-electron chi connectivity index (χ1n) is 11.0. The Hall–Kier alpha value is -2.88. The Balaban J connectivity index is 0.00000385. The van der Waals surface area contributed by atoms with Crippen LogP contribution in [0.4, 0.5) is 0 Å². The third-order valence-electron chi connectivity index (χ3n) is 4.98. The highest BCUT2D eigenvalue weighted by atomic mass is 127. The van der Waals surface area contributed by atoms with Gasteiger partial charge in [0, 0.05) is 18.8 Å². The zero-order valence-electron chi connectivity index (χ0n) is 19.5. The lowest BCUT2D eigenvalue weighted by Crippen LogP contribution is -2.43. The zero-order chi connectivity index (χ0) is 22.8. The number of para-hydroxylation sites is 1. The number of hydrogen-bond acceptors (Lipinski definition) is 3. The molecule has 0 atom stereocenters.